The molecule has 17 heavy (non-hydrogen) atoms. The Hall–Kier alpha value is -0.380. The summed E-state index contributed by atoms with van der Waals surface area (Å²) in [4.78, 5) is 0. The highest BCUT2D eigenvalue weighted by atomic mass is 35.5. The lowest BCUT2D eigenvalue weighted by Crippen LogP contribution is -2.17. The minimum Gasteiger partial charge on any atom is -0.497 e. The SMILES string of the molecule is COc1ccc(CCCCNCCS)cc1.Cl. The molecule has 0 amide bonds. The number of halogens is 1. The largest absolute Gasteiger partial charge is 0.497 e. The van der Waals surface area contributed by atoms with Crippen molar-refractivity contribution in [2.45, 2.75) is 19.3 Å². The van der Waals surface area contributed by atoms with Crippen LogP contribution in [0, 0.1) is 0 Å². The molecule has 2 nitrogen and oxygen atoms in total. The molecule has 0 aliphatic carbocycles. The number of thiol groups is 1. The second kappa shape index (κ2) is 10.8. The Morgan fingerprint density at radius 1 is 1.12 bits per heavy atom. The van der Waals surface area contributed by atoms with Crippen LogP contribution >= 0.6 is 25.0 Å². The van der Waals surface area contributed by atoms with E-state index >= 15 is 0 Å². The van der Waals surface area contributed by atoms with Crippen LogP contribution in [0.5, 0.6) is 5.75 Å². The lowest BCUT2D eigenvalue weighted by molar-refractivity contribution is 0.414. The second-order valence-electron chi connectivity index (χ2n) is 3.78. The van der Waals surface area contributed by atoms with E-state index in [9.17, 15) is 0 Å². The van der Waals surface area contributed by atoms with E-state index in [1.165, 1.54) is 18.4 Å². The van der Waals surface area contributed by atoms with Crippen molar-refractivity contribution in [1.82, 2.24) is 5.32 Å². The fourth-order valence-corrected chi connectivity index (χ4v) is 1.73. The van der Waals surface area contributed by atoms with E-state index in [1.807, 2.05) is 12.1 Å². The maximum absolute atomic E-state index is 5.12. The number of benzene rings is 1. The van der Waals surface area contributed by atoms with Crippen LogP contribution in [0.1, 0.15) is 18.4 Å². The van der Waals surface area contributed by atoms with Crippen molar-refractivity contribution >= 4 is 25.0 Å². The quantitative estimate of drug-likeness (QED) is 0.562. The van der Waals surface area contributed by atoms with Crippen molar-refractivity contribution in [2.24, 2.45) is 0 Å². The number of rotatable bonds is 8. The molecular formula is C13H22ClNOS. The standard InChI is InChI=1S/C13H21NOS.ClH/c1-15-13-7-5-12(6-8-13)4-2-3-9-14-10-11-16;/h5-8,14,16H,2-4,9-11H2,1H3;1H. The Morgan fingerprint density at radius 3 is 2.41 bits per heavy atom. The van der Waals surface area contributed by atoms with Gasteiger partial charge in [-0.3, -0.25) is 0 Å². The van der Waals surface area contributed by atoms with Crippen LogP contribution < -0.4 is 10.1 Å². The topological polar surface area (TPSA) is 21.3 Å². The maximum atomic E-state index is 5.12. The van der Waals surface area contributed by atoms with Crippen LogP contribution in [0.15, 0.2) is 24.3 Å². The molecule has 0 saturated carbocycles. The van der Waals surface area contributed by atoms with E-state index in [0.29, 0.717) is 0 Å². The highest BCUT2D eigenvalue weighted by molar-refractivity contribution is 7.80. The summed E-state index contributed by atoms with van der Waals surface area (Å²) in [7, 11) is 1.70. The van der Waals surface area contributed by atoms with E-state index in [2.05, 4.69) is 30.1 Å². The molecule has 0 unspecified atom stereocenters. The smallest absolute Gasteiger partial charge is 0.118 e. The Kier molecular flexibility index (Phi) is 10.5. The summed E-state index contributed by atoms with van der Waals surface area (Å²) in [5, 5.41) is 3.34. The van der Waals surface area contributed by atoms with Gasteiger partial charge in [-0.2, -0.15) is 12.6 Å². The fraction of sp³-hybridized carbons (Fsp3) is 0.538. The van der Waals surface area contributed by atoms with Gasteiger partial charge in [0.05, 0.1) is 7.11 Å². The summed E-state index contributed by atoms with van der Waals surface area (Å²) in [6, 6.07) is 8.32. The molecule has 0 aromatic heterocycles. The zero-order chi connectivity index (χ0) is 11.6. The minimum atomic E-state index is 0. The summed E-state index contributed by atoms with van der Waals surface area (Å²) in [5.74, 6) is 1.84. The van der Waals surface area contributed by atoms with Gasteiger partial charge in [0.1, 0.15) is 5.75 Å². The van der Waals surface area contributed by atoms with Crippen LogP contribution in [-0.2, 0) is 6.42 Å². The molecule has 0 aliphatic heterocycles. The predicted molar refractivity (Wildman–Crippen MR) is 79.9 cm³/mol. The van der Waals surface area contributed by atoms with E-state index in [0.717, 1.165) is 31.0 Å². The second-order valence-corrected chi connectivity index (χ2v) is 4.23. The number of unbranched alkanes of at least 4 members (excludes halogenated alkanes) is 1. The Morgan fingerprint density at radius 2 is 1.82 bits per heavy atom. The average molecular weight is 276 g/mol. The number of methoxy groups -OCH3 is 1. The monoisotopic (exact) mass is 275 g/mol. The van der Waals surface area contributed by atoms with Gasteiger partial charge in [-0.05, 0) is 43.5 Å². The lowest BCUT2D eigenvalue weighted by Gasteiger charge is -2.04. The molecule has 1 rings (SSSR count). The Bertz CT molecular complexity index is 279. The molecule has 0 saturated heterocycles. The summed E-state index contributed by atoms with van der Waals surface area (Å²) < 4.78 is 5.12. The molecule has 98 valence electrons. The third kappa shape index (κ3) is 7.53. The van der Waals surface area contributed by atoms with Gasteiger partial charge in [0.25, 0.3) is 0 Å². The fourth-order valence-electron chi connectivity index (χ4n) is 1.58. The molecule has 0 bridgehead atoms. The first-order valence-corrected chi connectivity index (χ1v) is 6.44. The van der Waals surface area contributed by atoms with Gasteiger partial charge in [-0.25, -0.2) is 0 Å². The molecule has 0 fully saturated rings. The van der Waals surface area contributed by atoms with Crippen LogP contribution in [-0.4, -0.2) is 26.0 Å². The van der Waals surface area contributed by atoms with Crippen molar-refractivity contribution in [3.8, 4) is 5.75 Å². The predicted octanol–water partition coefficient (Wildman–Crippen LogP) is 2.96. The average Bonchev–Trinajstić information content (AvgIpc) is 2.34. The number of aryl methyl sites for hydroxylation is 1. The van der Waals surface area contributed by atoms with Crippen LogP contribution in [0.4, 0.5) is 0 Å². The van der Waals surface area contributed by atoms with E-state index in [-0.39, 0.29) is 12.4 Å². The zero-order valence-corrected chi connectivity index (χ0v) is 12.0. The molecule has 1 N–H and O–H groups in total. The van der Waals surface area contributed by atoms with Crippen LogP contribution in [0.3, 0.4) is 0 Å². The first-order valence-electron chi connectivity index (χ1n) is 5.81. The van der Waals surface area contributed by atoms with Crippen molar-refractivity contribution in [2.75, 3.05) is 26.0 Å². The Labute approximate surface area is 116 Å². The molecule has 0 spiro atoms. The molecular weight excluding hydrogens is 254 g/mol. The van der Waals surface area contributed by atoms with E-state index < -0.39 is 0 Å². The van der Waals surface area contributed by atoms with Gasteiger partial charge in [0.2, 0.25) is 0 Å². The van der Waals surface area contributed by atoms with E-state index in [1.54, 1.807) is 7.11 Å². The summed E-state index contributed by atoms with van der Waals surface area (Å²) >= 11 is 4.15. The van der Waals surface area contributed by atoms with Crippen molar-refractivity contribution in [3.63, 3.8) is 0 Å². The highest BCUT2D eigenvalue weighted by Gasteiger charge is 1.94. The van der Waals surface area contributed by atoms with Gasteiger partial charge >= 0.3 is 0 Å². The Balaban J connectivity index is 0.00000256. The maximum Gasteiger partial charge on any atom is 0.118 e. The molecule has 1 aromatic carbocycles. The van der Waals surface area contributed by atoms with Crippen molar-refractivity contribution in [1.29, 1.82) is 0 Å². The van der Waals surface area contributed by atoms with Crippen molar-refractivity contribution in [3.05, 3.63) is 29.8 Å². The van der Waals surface area contributed by atoms with Crippen molar-refractivity contribution < 1.29 is 4.74 Å². The van der Waals surface area contributed by atoms with Crippen LogP contribution in [0.25, 0.3) is 0 Å². The lowest BCUT2D eigenvalue weighted by atomic mass is 10.1. The molecule has 4 heteroatoms. The minimum absolute atomic E-state index is 0. The number of hydrogen-bond acceptors (Lipinski definition) is 3. The van der Waals surface area contributed by atoms with Gasteiger partial charge in [0, 0.05) is 12.3 Å². The van der Waals surface area contributed by atoms with Gasteiger partial charge < -0.3 is 10.1 Å². The normalized spacial score (nSPS) is 9.76. The van der Waals surface area contributed by atoms with Gasteiger partial charge in [0.15, 0.2) is 0 Å². The van der Waals surface area contributed by atoms with Gasteiger partial charge in [-0.15, -0.1) is 12.4 Å². The summed E-state index contributed by atoms with van der Waals surface area (Å²) in [5.41, 5.74) is 1.38. The number of ether oxygens (including phenoxy) is 1. The highest BCUT2D eigenvalue weighted by Crippen LogP contribution is 2.12. The number of hydrogen-bond donors (Lipinski definition) is 2. The van der Waals surface area contributed by atoms with E-state index in [4.69, 9.17) is 4.74 Å². The molecule has 1 aromatic rings. The third-order valence-electron chi connectivity index (χ3n) is 2.52. The summed E-state index contributed by atoms with van der Waals surface area (Å²) in [6.45, 7) is 2.10. The molecule has 0 aliphatic rings. The molecule has 0 heterocycles. The molecule has 0 radical (unpaired) electrons. The first-order chi connectivity index (χ1) is 7.86. The zero-order valence-electron chi connectivity index (χ0n) is 10.3. The van der Waals surface area contributed by atoms with Gasteiger partial charge in [-0.1, -0.05) is 12.1 Å². The first kappa shape index (κ1) is 16.6. The van der Waals surface area contributed by atoms with Crippen LogP contribution in [0.2, 0.25) is 0 Å². The molecule has 0 atom stereocenters. The summed E-state index contributed by atoms with van der Waals surface area (Å²) in [6.07, 6.45) is 3.60. The third-order valence-corrected chi connectivity index (χ3v) is 2.74. The number of nitrogens with one attached hydrogen (secondary N) is 1.